The van der Waals surface area contributed by atoms with E-state index in [1.807, 2.05) is 6.07 Å². The molecule has 2 aliphatic heterocycles. The first kappa shape index (κ1) is 27.5. The highest BCUT2D eigenvalue weighted by atomic mass is 35.5. The van der Waals surface area contributed by atoms with Gasteiger partial charge in [-0.25, -0.2) is 9.97 Å². The molecule has 1 aromatic heterocycles. The fourth-order valence-corrected chi connectivity index (χ4v) is 5.80. The smallest absolute Gasteiger partial charge is 0.268 e. The molecule has 2 fully saturated rings. The highest BCUT2D eigenvalue weighted by molar-refractivity contribution is 6.32. The van der Waals surface area contributed by atoms with Crippen molar-refractivity contribution in [3.8, 4) is 0 Å². The lowest BCUT2D eigenvalue weighted by atomic mass is 9.96. The normalized spacial score (nSPS) is 20.6. The largest absolute Gasteiger partial charge is 0.378 e. The van der Waals surface area contributed by atoms with Gasteiger partial charge in [-0.15, -0.1) is 0 Å². The number of piperazine rings is 1. The molecule has 2 saturated heterocycles. The Balaban J connectivity index is 1.37. The van der Waals surface area contributed by atoms with Crippen molar-refractivity contribution in [2.75, 3.05) is 37.6 Å². The molecule has 2 amide bonds. The molecule has 0 bridgehead atoms. The fraction of sp³-hybridized carbons (Fsp3) is 0.520. The number of rotatable bonds is 8. The number of benzene rings is 1. The zero-order valence-electron chi connectivity index (χ0n) is 20.8. The van der Waals surface area contributed by atoms with Crippen molar-refractivity contribution >= 4 is 40.8 Å². The summed E-state index contributed by atoms with van der Waals surface area (Å²) < 4.78 is 0. The highest BCUT2D eigenvalue weighted by Crippen LogP contribution is 2.30. The summed E-state index contributed by atoms with van der Waals surface area (Å²) in [6.45, 7) is 7.04. The van der Waals surface area contributed by atoms with Crippen LogP contribution in [0.4, 0.5) is 5.82 Å². The summed E-state index contributed by atoms with van der Waals surface area (Å²) in [5.74, 6) is -0.862. The first-order chi connectivity index (χ1) is 17.7. The second-order valence-corrected chi connectivity index (χ2v) is 10.4. The first-order valence-electron chi connectivity index (χ1n) is 12.5. The number of hydrogen-bond donors (Lipinski definition) is 3. The van der Waals surface area contributed by atoms with Gasteiger partial charge in [0.05, 0.1) is 6.20 Å². The Hall–Kier alpha value is -2.50. The van der Waals surface area contributed by atoms with Crippen molar-refractivity contribution in [1.82, 2.24) is 19.8 Å². The van der Waals surface area contributed by atoms with Crippen molar-refractivity contribution < 1.29 is 14.7 Å². The summed E-state index contributed by atoms with van der Waals surface area (Å²) in [6, 6.07) is 6.04. The topological polar surface area (TPSA) is 142 Å². The molecule has 2 aliphatic rings. The number of likely N-dealkylation sites (tertiary alicyclic amines) is 1. The summed E-state index contributed by atoms with van der Waals surface area (Å²) in [6.07, 6.45) is 3.02. The molecule has 1 aromatic carbocycles. The van der Waals surface area contributed by atoms with Gasteiger partial charge in [-0.3, -0.25) is 19.4 Å². The van der Waals surface area contributed by atoms with E-state index in [4.69, 9.17) is 34.7 Å². The predicted octanol–water partition coefficient (Wildman–Crippen LogP) is 1.97. The standard InChI is InChI=1S/C25H33Cl2N7O3/c1-2-17-14-33(25-22(27)31-20(12-30-25)23(28)36)9-10-34(17)18-5-7-32(8-6-18)13-15-3-4-16(26)11-19(15)21(35)24(29)37/h3-4,11-12,17-18,21,35H,2,5-10,13-14H2,1H3,(H2,28,36)(H2,29,37)/t17-,21-/m0/s1. The molecule has 2 atom stereocenters. The van der Waals surface area contributed by atoms with Crippen LogP contribution in [0.1, 0.15) is 53.9 Å². The number of anilines is 1. The number of piperidine rings is 1. The predicted molar refractivity (Wildman–Crippen MR) is 142 cm³/mol. The molecule has 4 rings (SSSR count). The van der Waals surface area contributed by atoms with E-state index >= 15 is 0 Å². The van der Waals surface area contributed by atoms with Crippen LogP contribution in [0.25, 0.3) is 0 Å². The minimum Gasteiger partial charge on any atom is -0.378 e. The monoisotopic (exact) mass is 549 g/mol. The minimum atomic E-state index is -1.38. The zero-order chi connectivity index (χ0) is 26.7. The molecular weight excluding hydrogens is 517 g/mol. The van der Waals surface area contributed by atoms with Gasteiger partial charge in [0.2, 0.25) is 0 Å². The SMILES string of the molecule is CC[C@H]1CN(c2ncc(C(N)=O)nc2Cl)CCN1C1CCN(Cc2ccc(Cl)cc2[C@H](O)C(N)=O)CC1. The molecule has 5 N–H and O–H groups in total. The van der Waals surface area contributed by atoms with Gasteiger partial charge in [0.15, 0.2) is 17.1 Å². The Morgan fingerprint density at radius 2 is 1.89 bits per heavy atom. The number of hydrogen-bond acceptors (Lipinski definition) is 8. The van der Waals surface area contributed by atoms with Gasteiger partial charge in [-0.1, -0.05) is 36.2 Å². The van der Waals surface area contributed by atoms with Crippen LogP contribution in [0.3, 0.4) is 0 Å². The molecule has 37 heavy (non-hydrogen) atoms. The third kappa shape index (κ3) is 6.32. The van der Waals surface area contributed by atoms with E-state index in [0.29, 0.717) is 35.0 Å². The highest BCUT2D eigenvalue weighted by Gasteiger charge is 2.34. The second kappa shape index (κ2) is 11.9. The van der Waals surface area contributed by atoms with Crippen LogP contribution in [-0.4, -0.2) is 81.5 Å². The van der Waals surface area contributed by atoms with Crippen molar-refractivity contribution in [2.24, 2.45) is 11.5 Å². The van der Waals surface area contributed by atoms with Crippen LogP contribution in [-0.2, 0) is 11.3 Å². The molecule has 12 heteroatoms. The first-order valence-corrected chi connectivity index (χ1v) is 13.2. The van der Waals surface area contributed by atoms with Gasteiger partial charge in [0.1, 0.15) is 5.69 Å². The van der Waals surface area contributed by atoms with Crippen molar-refractivity contribution in [3.63, 3.8) is 0 Å². The van der Waals surface area contributed by atoms with Crippen LogP contribution < -0.4 is 16.4 Å². The molecule has 3 heterocycles. The van der Waals surface area contributed by atoms with E-state index in [1.54, 1.807) is 12.1 Å². The minimum absolute atomic E-state index is 0.0565. The summed E-state index contributed by atoms with van der Waals surface area (Å²) >= 11 is 12.4. The van der Waals surface area contributed by atoms with Gasteiger partial charge < -0.3 is 21.5 Å². The molecule has 0 unspecified atom stereocenters. The number of nitrogens with zero attached hydrogens (tertiary/aromatic N) is 5. The van der Waals surface area contributed by atoms with Crippen LogP contribution in [0.5, 0.6) is 0 Å². The van der Waals surface area contributed by atoms with E-state index in [1.165, 1.54) is 6.20 Å². The van der Waals surface area contributed by atoms with Crippen molar-refractivity contribution in [1.29, 1.82) is 0 Å². The quantitative estimate of drug-likeness (QED) is 0.453. The molecule has 0 aliphatic carbocycles. The molecule has 0 spiro atoms. The summed E-state index contributed by atoms with van der Waals surface area (Å²) in [7, 11) is 0. The number of carbonyl (C=O) groups excluding carboxylic acids is 2. The molecule has 200 valence electrons. The number of halogens is 2. The number of carbonyl (C=O) groups is 2. The molecule has 0 saturated carbocycles. The molecule has 10 nitrogen and oxygen atoms in total. The van der Waals surface area contributed by atoms with E-state index in [-0.39, 0.29) is 10.8 Å². The molecule has 2 aromatic rings. The van der Waals surface area contributed by atoms with Crippen molar-refractivity contribution in [3.05, 3.63) is 51.4 Å². The second-order valence-electron chi connectivity index (χ2n) is 9.64. The third-order valence-electron chi connectivity index (χ3n) is 7.36. The maximum atomic E-state index is 11.6. The Labute approximate surface area is 226 Å². The molecular formula is C25H33Cl2N7O3. The average Bonchev–Trinajstić information content (AvgIpc) is 2.89. The maximum absolute atomic E-state index is 11.6. The van der Waals surface area contributed by atoms with Crippen molar-refractivity contribution in [2.45, 2.75) is 50.9 Å². The maximum Gasteiger partial charge on any atom is 0.268 e. The number of amides is 2. The Morgan fingerprint density at radius 1 is 1.16 bits per heavy atom. The number of aromatic nitrogens is 2. The Bertz CT molecular complexity index is 1140. The number of primary amides is 2. The fourth-order valence-electron chi connectivity index (χ4n) is 5.36. The Kier molecular flexibility index (Phi) is 8.86. The zero-order valence-corrected chi connectivity index (χ0v) is 22.3. The van der Waals surface area contributed by atoms with E-state index in [0.717, 1.165) is 57.5 Å². The van der Waals surface area contributed by atoms with Crippen LogP contribution in [0, 0.1) is 0 Å². The van der Waals surface area contributed by atoms with Gasteiger partial charge >= 0.3 is 0 Å². The lowest BCUT2D eigenvalue weighted by molar-refractivity contribution is -0.126. The lowest BCUT2D eigenvalue weighted by Gasteiger charge is -2.47. The lowest BCUT2D eigenvalue weighted by Crippen LogP contribution is -2.58. The number of aliphatic hydroxyl groups excluding tert-OH is 1. The van der Waals surface area contributed by atoms with Crippen LogP contribution in [0.2, 0.25) is 10.2 Å². The number of nitrogens with two attached hydrogens (primary N) is 2. The van der Waals surface area contributed by atoms with Gasteiger partial charge in [0, 0.05) is 43.3 Å². The van der Waals surface area contributed by atoms with E-state index in [2.05, 4.69) is 31.6 Å². The molecule has 0 radical (unpaired) electrons. The van der Waals surface area contributed by atoms with Crippen LogP contribution >= 0.6 is 23.2 Å². The average molecular weight is 550 g/mol. The third-order valence-corrected chi connectivity index (χ3v) is 7.84. The van der Waals surface area contributed by atoms with E-state index in [9.17, 15) is 14.7 Å². The summed E-state index contributed by atoms with van der Waals surface area (Å²) in [5, 5.41) is 10.9. The summed E-state index contributed by atoms with van der Waals surface area (Å²) in [5.41, 5.74) is 12.0. The van der Waals surface area contributed by atoms with Gasteiger partial charge in [-0.2, -0.15) is 0 Å². The summed E-state index contributed by atoms with van der Waals surface area (Å²) in [4.78, 5) is 38.5. The Morgan fingerprint density at radius 3 is 2.51 bits per heavy atom. The van der Waals surface area contributed by atoms with E-state index < -0.39 is 17.9 Å². The number of aliphatic hydroxyl groups is 1. The van der Waals surface area contributed by atoms with Crippen LogP contribution in [0.15, 0.2) is 24.4 Å². The van der Waals surface area contributed by atoms with Gasteiger partial charge in [0.25, 0.3) is 11.8 Å². The van der Waals surface area contributed by atoms with Gasteiger partial charge in [-0.05, 0) is 55.6 Å².